The van der Waals surface area contributed by atoms with Crippen LogP contribution in [0.1, 0.15) is 0 Å². The molecule has 0 radical (unpaired) electrons. The predicted molar refractivity (Wildman–Crippen MR) is 18.3 cm³/mol. The second kappa shape index (κ2) is 2.10. The van der Waals surface area contributed by atoms with Gasteiger partial charge in [-0.3, -0.25) is 0 Å². The summed E-state index contributed by atoms with van der Waals surface area (Å²) in [5, 5.41) is 0. The fourth-order valence-corrected chi connectivity index (χ4v) is 0.647. The second-order valence-electron chi connectivity index (χ2n) is 1.17. The molecule has 1 aromatic rings. The topological polar surface area (TPSA) is 13.1 Å². The zero-order valence-corrected chi connectivity index (χ0v) is 6.56. The molecule has 0 bridgehead atoms. The molecule has 4 heteroatoms. The standard InChI is InChI=1S/C4HAtF2O/c5-3-2(6)1-8-4(3)7/h1H. The second-order valence-corrected chi connectivity index (χ2v) is 2.64. The predicted octanol–water partition coefficient (Wildman–Crippen LogP) is 0.732. The van der Waals surface area contributed by atoms with Crippen LogP contribution in [0.25, 0.3) is 0 Å². The quantitative estimate of drug-likeness (QED) is 0.688. The van der Waals surface area contributed by atoms with Crippen molar-refractivity contribution < 1.29 is 37.9 Å². The Labute approximate surface area is 59.5 Å². The van der Waals surface area contributed by atoms with Crippen LogP contribution < -0.4 is 3.27 Å². The zero-order chi connectivity index (χ0) is 6.15. The van der Waals surface area contributed by atoms with Gasteiger partial charge < -0.3 is 0 Å². The van der Waals surface area contributed by atoms with Crippen LogP contribution in [0.3, 0.4) is 0 Å². The molecule has 0 saturated carbocycles. The van der Waals surface area contributed by atoms with E-state index in [1.165, 1.54) is 0 Å². The molecule has 0 unspecified atom stereocenters. The van der Waals surface area contributed by atoms with Gasteiger partial charge in [0.15, 0.2) is 0 Å². The van der Waals surface area contributed by atoms with Crippen LogP contribution in [0.2, 0.25) is 0 Å². The molecule has 44 valence electrons. The van der Waals surface area contributed by atoms with E-state index in [0.29, 0.717) is 0 Å². The van der Waals surface area contributed by atoms with E-state index in [4.69, 9.17) is 0 Å². The van der Waals surface area contributed by atoms with Crippen LogP contribution in [-0.4, -0.2) is 0 Å². The van der Waals surface area contributed by atoms with Gasteiger partial charge in [0.1, 0.15) is 0 Å². The minimum absolute atomic E-state index is 0.00926. The first-order chi connectivity index (χ1) is 3.72. The van der Waals surface area contributed by atoms with E-state index in [-0.39, 0.29) is 3.27 Å². The monoisotopic (exact) mass is 313 g/mol. The molecule has 0 aliphatic heterocycles. The van der Waals surface area contributed by atoms with Crippen LogP contribution in [0.15, 0.2) is 10.7 Å². The van der Waals surface area contributed by atoms with Crippen molar-refractivity contribution in [2.75, 3.05) is 0 Å². The van der Waals surface area contributed by atoms with E-state index < -0.39 is 11.8 Å². The van der Waals surface area contributed by atoms with Gasteiger partial charge in [0.05, 0.1) is 0 Å². The van der Waals surface area contributed by atoms with E-state index in [1.54, 1.807) is 0 Å². The van der Waals surface area contributed by atoms with Gasteiger partial charge in [-0.25, -0.2) is 0 Å². The summed E-state index contributed by atoms with van der Waals surface area (Å²) in [5.41, 5.74) is 0. The van der Waals surface area contributed by atoms with E-state index in [9.17, 15) is 8.78 Å². The van der Waals surface area contributed by atoms with Crippen molar-refractivity contribution in [3.05, 3.63) is 18.1 Å². The van der Waals surface area contributed by atoms with Crippen LogP contribution >= 0.6 is 0 Å². The molecule has 1 rings (SSSR count). The molecule has 0 aliphatic carbocycles. The molecule has 0 aliphatic rings. The molecular weight excluding hydrogens is 312 g/mol. The van der Waals surface area contributed by atoms with Crippen molar-refractivity contribution >= 4 is 3.27 Å². The Kier molecular flexibility index (Phi) is 1.61. The van der Waals surface area contributed by atoms with Gasteiger partial charge in [-0.15, -0.1) is 0 Å². The third kappa shape index (κ3) is 0.896. The van der Waals surface area contributed by atoms with Crippen LogP contribution in [-0.2, 0) is 0 Å². The number of halogens is 2. The SMILES string of the molecule is Fc1coc(F)c1[At]. The van der Waals surface area contributed by atoms with Crippen molar-refractivity contribution in [2.45, 2.75) is 0 Å². The maximum atomic E-state index is 12.0. The zero-order valence-electron chi connectivity index (χ0n) is 3.62. The van der Waals surface area contributed by atoms with E-state index >= 15 is 0 Å². The Morgan fingerprint density at radius 1 is 1.50 bits per heavy atom. The Morgan fingerprint density at radius 3 is 2.25 bits per heavy atom. The van der Waals surface area contributed by atoms with Gasteiger partial charge in [0, 0.05) is 0 Å². The first-order valence-electron chi connectivity index (χ1n) is 1.80. The third-order valence-corrected chi connectivity index (χ3v) is 1.93. The molecule has 8 heavy (non-hydrogen) atoms. The van der Waals surface area contributed by atoms with Crippen molar-refractivity contribution in [1.82, 2.24) is 0 Å². The van der Waals surface area contributed by atoms with Gasteiger partial charge in [-0.1, -0.05) is 0 Å². The van der Waals surface area contributed by atoms with Crippen LogP contribution in [0.5, 0.6) is 0 Å². The molecule has 0 atom stereocenters. The number of furan rings is 1. The van der Waals surface area contributed by atoms with Crippen molar-refractivity contribution in [3.63, 3.8) is 0 Å². The summed E-state index contributed by atoms with van der Waals surface area (Å²) >= 11 is 0.931. The van der Waals surface area contributed by atoms with Gasteiger partial charge >= 0.3 is 59.3 Å². The van der Waals surface area contributed by atoms with E-state index in [1.807, 2.05) is 0 Å². The fraction of sp³-hybridized carbons (Fsp3) is 0. The Hall–Kier alpha value is 0.0231. The number of hydrogen-bond acceptors (Lipinski definition) is 1. The third-order valence-electron chi connectivity index (χ3n) is 0.648. The fourth-order valence-electron chi connectivity index (χ4n) is 0.301. The first kappa shape index (κ1) is 6.15. The number of hydrogen-bond donors (Lipinski definition) is 0. The number of rotatable bonds is 0. The summed E-state index contributed by atoms with van der Waals surface area (Å²) in [5.74, 6) is -0.612. The van der Waals surface area contributed by atoms with Crippen molar-refractivity contribution in [2.24, 2.45) is 0 Å². The molecule has 0 fully saturated rings. The van der Waals surface area contributed by atoms with Gasteiger partial charge in [-0.2, -0.15) is 0 Å². The van der Waals surface area contributed by atoms with Crippen molar-refractivity contribution in [3.8, 4) is 0 Å². The molecule has 0 spiro atoms. The molecule has 1 heterocycles. The summed E-state index contributed by atoms with van der Waals surface area (Å²) in [6.07, 6.45) is 0.755. The first-order valence-corrected chi connectivity index (χ1v) is 3.26. The van der Waals surface area contributed by atoms with E-state index in [2.05, 4.69) is 4.42 Å². The normalized spacial score (nSPS) is 9.88. The Balaban J connectivity index is 3.19. The Morgan fingerprint density at radius 2 is 2.12 bits per heavy atom. The van der Waals surface area contributed by atoms with Gasteiger partial charge in [0.2, 0.25) is 0 Å². The van der Waals surface area contributed by atoms with Gasteiger partial charge in [0.25, 0.3) is 0 Å². The summed E-state index contributed by atoms with van der Waals surface area (Å²) in [6, 6.07) is -0.820. The van der Waals surface area contributed by atoms with Crippen molar-refractivity contribution in [1.29, 1.82) is 0 Å². The molecule has 0 aromatic carbocycles. The van der Waals surface area contributed by atoms with Crippen LogP contribution in [0, 0.1) is 36.6 Å². The summed E-state index contributed by atoms with van der Waals surface area (Å²) in [7, 11) is 0. The summed E-state index contributed by atoms with van der Waals surface area (Å²) in [6.45, 7) is 0. The van der Waals surface area contributed by atoms with Crippen LogP contribution in [0.4, 0.5) is 8.78 Å². The summed E-state index contributed by atoms with van der Waals surface area (Å²) in [4.78, 5) is 0. The molecule has 1 nitrogen and oxygen atoms in total. The molecular formula is C4HAtF2O. The molecule has 1 aromatic heterocycles. The minimum atomic E-state index is -0.820. The molecule has 0 N–H and O–H groups in total. The average Bonchev–Trinajstić information content (AvgIpc) is 1.98. The van der Waals surface area contributed by atoms with E-state index in [0.717, 1.165) is 31.0 Å². The van der Waals surface area contributed by atoms with Gasteiger partial charge in [-0.05, 0) is 0 Å². The Bertz CT molecular complexity index is 176. The average molecular weight is 313 g/mol. The molecule has 0 saturated heterocycles. The molecule has 0 amide bonds. The maximum absolute atomic E-state index is 12.0. The summed E-state index contributed by atoms with van der Waals surface area (Å²) < 4.78 is 28.0.